The number of ether oxygens (including phenoxy) is 1. The smallest absolute Gasteiger partial charge is 0.122 e. The molecule has 0 bridgehead atoms. The number of halogens is 1. The van der Waals surface area contributed by atoms with Crippen molar-refractivity contribution in [2.24, 2.45) is 0 Å². The van der Waals surface area contributed by atoms with Gasteiger partial charge in [-0.3, -0.25) is 0 Å². The van der Waals surface area contributed by atoms with Gasteiger partial charge < -0.3 is 10.1 Å². The molecule has 1 aromatic rings. The second-order valence-electron chi connectivity index (χ2n) is 3.54. The monoisotopic (exact) mass is 271 g/mol. The fourth-order valence-corrected chi connectivity index (χ4v) is 1.96. The van der Waals surface area contributed by atoms with E-state index in [0.717, 1.165) is 28.8 Å². The second-order valence-corrected chi connectivity index (χ2v) is 4.45. The van der Waals surface area contributed by atoms with E-state index in [9.17, 15) is 0 Å². The van der Waals surface area contributed by atoms with Crippen LogP contribution >= 0.6 is 15.9 Å². The van der Waals surface area contributed by atoms with Crippen molar-refractivity contribution in [2.75, 3.05) is 12.4 Å². The Hall–Kier alpha value is -0.700. The van der Waals surface area contributed by atoms with Crippen LogP contribution in [-0.4, -0.2) is 13.2 Å². The van der Waals surface area contributed by atoms with Crippen molar-refractivity contribution >= 4 is 21.6 Å². The maximum Gasteiger partial charge on any atom is 0.122 e. The van der Waals surface area contributed by atoms with Crippen LogP contribution in [0.5, 0.6) is 5.75 Å². The van der Waals surface area contributed by atoms with Crippen molar-refractivity contribution in [3.05, 3.63) is 22.7 Å². The highest BCUT2D eigenvalue weighted by Crippen LogP contribution is 2.25. The Bertz CT molecular complexity index is 310. The predicted molar refractivity (Wildman–Crippen MR) is 68.7 cm³/mol. The highest BCUT2D eigenvalue weighted by atomic mass is 79.9. The molecule has 1 rings (SSSR count). The second kappa shape index (κ2) is 6.01. The number of methoxy groups -OCH3 is 1. The summed E-state index contributed by atoms with van der Waals surface area (Å²) in [7, 11) is 1.68. The lowest BCUT2D eigenvalue weighted by Gasteiger charge is -2.17. The Morgan fingerprint density at radius 3 is 2.47 bits per heavy atom. The van der Waals surface area contributed by atoms with E-state index in [1.165, 1.54) is 0 Å². The molecule has 0 spiro atoms. The molecular weight excluding hydrogens is 254 g/mol. The van der Waals surface area contributed by atoms with Gasteiger partial charge in [-0.15, -0.1) is 0 Å². The first-order valence-corrected chi connectivity index (χ1v) is 6.10. The summed E-state index contributed by atoms with van der Waals surface area (Å²) in [5.41, 5.74) is 1.11. The molecular formula is C12H18BrNO. The number of hydrogen-bond acceptors (Lipinski definition) is 2. The zero-order valence-electron chi connectivity index (χ0n) is 9.51. The molecule has 0 fully saturated rings. The van der Waals surface area contributed by atoms with Crippen LogP contribution in [0.1, 0.15) is 26.7 Å². The Kier molecular flexibility index (Phi) is 4.95. The molecule has 0 saturated heterocycles. The molecule has 0 heterocycles. The van der Waals surface area contributed by atoms with Crippen molar-refractivity contribution in [3.8, 4) is 5.75 Å². The topological polar surface area (TPSA) is 21.3 Å². The van der Waals surface area contributed by atoms with Gasteiger partial charge in [-0.05, 0) is 25.0 Å². The quantitative estimate of drug-likeness (QED) is 0.872. The first-order chi connectivity index (χ1) is 7.19. The first kappa shape index (κ1) is 12.4. The number of anilines is 1. The van der Waals surface area contributed by atoms with Crippen molar-refractivity contribution < 1.29 is 4.74 Å². The minimum Gasteiger partial charge on any atom is -0.497 e. The van der Waals surface area contributed by atoms with Gasteiger partial charge in [0.05, 0.1) is 7.11 Å². The zero-order chi connectivity index (χ0) is 11.3. The van der Waals surface area contributed by atoms with Crippen LogP contribution < -0.4 is 10.1 Å². The SMILES string of the molecule is CCC(CC)Nc1cc(Br)cc(OC)c1. The van der Waals surface area contributed by atoms with Gasteiger partial charge in [0.1, 0.15) is 5.75 Å². The van der Waals surface area contributed by atoms with Gasteiger partial charge in [0.2, 0.25) is 0 Å². The molecule has 0 aliphatic rings. The van der Waals surface area contributed by atoms with Crippen molar-refractivity contribution in [3.63, 3.8) is 0 Å². The summed E-state index contributed by atoms with van der Waals surface area (Å²) in [5.74, 6) is 0.873. The molecule has 0 aliphatic heterocycles. The summed E-state index contributed by atoms with van der Waals surface area (Å²) in [6.07, 6.45) is 2.26. The molecule has 15 heavy (non-hydrogen) atoms. The van der Waals surface area contributed by atoms with Gasteiger partial charge in [-0.2, -0.15) is 0 Å². The summed E-state index contributed by atoms with van der Waals surface area (Å²) in [5, 5.41) is 3.48. The third kappa shape index (κ3) is 3.74. The summed E-state index contributed by atoms with van der Waals surface area (Å²) in [6.45, 7) is 4.38. The summed E-state index contributed by atoms with van der Waals surface area (Å²) >= 11 is 3.47. The molecule has 1 aromatic carbocycles. The molecule has 0 saturated carbocycles. The molecule has 84 valence electrons. The maximum atomic E-state index is 5.21. The maximum absolute atomic E-state index is 5.21. The number of benzene rings is 1. The van der Waals surface area contributed by atoms with Gasteiger partial charge in [0, 0.05) is 22.3 Å². The summed E-state index contributed by atoms with van der Waals surface area (Å²) in [6, 6.07) is 6.58. The van der Waals surface area contributed by atoms with E-state index < -0.39 is 0 Å². The average molecular weight is 272 g/mol. The summed E-state index contributed by atoms with van der Waals surface area (Å²) < 4.78 is 6.25. The van der Waals surface area contributed by atoms with Gasteiger partial charge in [-0.1, -0.05) is 29.8 Å². The number of rotatable bonds is 5. The highest BCUT2D eigenvalue weighted by Gasteiger charge is 2.04. The van der Waals surface area contributed by atoms with Crippen molar-refractivity contribution in [1.82, 2.24) is 0 Å². The third-order valence-electron chi connectivity index (χ3n) is 2.46. The molecule has 0 aliphatic carbocycles. The molecule has 3 heteroatoms. The molecule has 0 atom stereocenters. The van der Waals surface area contributed by atoms with E-state index in [4.69, 9.17) is 4.74 Å². The Morgan fingerprint density at radius 1 is 1.27 bits per heavy atom. The Balaban J connectivity index is 2.79. The standard InChI is InChI=1S/C12H18BrNO/c1-4-10(5-2)14-11-6-9(13)7-12(8-11)15-3/h6-8,10,14H,4-5H2,1-3H3. The van der Waals surface area contributed by atoms with E-state index in [0.29, 0.717) is 6.04 Å². The molecule has 1 N–H and O–H groups in total. The Labute approximate surface area is 100 Å². The van der Waals surface area contributed by atoms with Crippen molar-refractivity contribution in [2.45, 2.75) is 32.7 Å². The minimum absolute atomic E-state index is 0.531. The van der Waals surface area contributed by atoms with Crippen LogP contribution in [0.4, 0.5) is 5.69 Å². The van der Waals surface area contributed by atoms with Crippen LogP contribution in [0.3, 0.4) is 0 Å². The van der Waals surface area contributed by atoms with Crippen LogP contribution in [0.2, 0.25) is 0 Å². The molecule has 0 unspecified atom stereocenters. The van der Waals surface area contributed by atoms with Crippen LogP contribution in [0, 0.1) is 0 Å². The minimum atomic E-state index is 0.531. The summed E-state index contributed by atoms with van der Waals surface area (Å²) in [4.78, 5) is 0. The van der Waals surface area contributed by atoms with Crippen LogP contribution in [0.15, 0.2) is 22.7 Å². The average Bonchev–Trinajstić information content (AvgIpc) is 2.25. The van der Waals surface area contributed by atoms with Gasteiger partial charge in [0.15, 0.2) is 0 Å². The number of nitrogens with one attached hydrogen (secondary N) is 1. The molecule has 0 aromatic heterocycles. The van der Waals surface area contributed by atoms with E-state index in [-0.39, 0.29) is 0 Å². The van der Waals surface area contributed by atoms with Crippen LogP contribution in [0.25, 0.3) is 0 Å². The predicted octanol–water partition coefficient (Wildman–Crippen LogP) is 4.06. The van der Waals surface area contributed by atoms with E-state index >= 15 is 0 Å². The van der Waals surface area contributed by atoms with Crippen LogP contribution in [-0.2, 0) is 0 Å². The number of hydrogen-bond donors (Lipinski definition) is 1. The zero-order valence-corrected chi connectivity index (χ0v) is 11.1. The van der Waals surface area contributed by atoms with E-state index in [1.807, 2.05) is 12.1 Å². The fraction of sp³-hybridized carbons (Fsp3) is 0.500. The molecule has 0 amide bonds. The van der Waals surface area contributed by atoms with Gasteiger partial charge in [0.25, 0.3) is 0 Å². The van der Waals surface area contributed by atoms with E-state index in [2.05, 4.69) is 41.2 Å². The van der Waals surface area contributed by atoms with E-state index in [1.54, 1.807) is 7.11 Å². The lowest BCUT2D eigenvalue weighted by Crippen LogP contribution is -2.16. The molecule has 2 nitrogen and oxygen atoms in total. The lowest BCUT2D eigenvalue weighted by molar-refractivity contribution is 0.414. The normalized spacial score (nSPS) is 10.5. The third-order valence-corrected chi connectivity index (χ3v) is 2.92. The van der Waals surface area contributed by atoms with Gasteiger partial charge in [-0.25, -0.2) is 0 Å². The van der Waals surface area contributed by atoms with Gasteiger partial charge >= 0.3 is 0 Å². The lowest BCUT2D eigenvalue weighted by atomic mass is 10.1. The first-order valence-electron chi connectivity index (χ1n) is 5.30. The fourth-order valence-electron chi connectivity index (χ4n) is 1.49. The van der Waals surface area contributed by atoms with Crippen molar-refractivity contribution in [1.29, 1.82) is 0 Å². The highest BCUT2D eigenvalue weighted by molar-refractivity contribution is 9.10. The Morgan fingerprint density at radius 2 is 1.93 bits per heavy atom. The molecule has 0 radical (unpaired) electrons. The largest absolute Gasteiger partial charge is 0.497 e.